The Balaban J connectivity index is 2.29. The van der Waals surface area contributed by atoms with Gasteiger partial charge >= 0.3 is 0 Å². The highest BCUT2D eigenvalue weighted by atomic mass is 15.3. The molecule has 1 N–H and O–H groups in total. The van der Waals surface area contributed by atoms with Gasteiger partial charge < -0.3 is 4.90 Å². The van der Waals surface area contributed by atoms with Crippen LogP contribution in [0.3, 0.4) is 0 Å². The highest BCUT2D eigenvalue weighted by Crippen LogP contribution is 2.16. The Kier molecular flexibility index (Phi) is 1.91. The van der Waals surface area contributed by atoms with Crippen molar-refractivity contribution < 1.29 is 0 Å². The van der Waals surface area contributed by atoms with E-state index in [4.69, 9.17) is 0 Å². The van der Waals surface area contributed by atoms with E-state index in [1.165, 1.54) is 0 Å². The number of H-pyrrole nitrogens is 1. The number of nitrogens with zero attached hydrogens (tertiary/aromatic N) is 4. The van der Waals surface area contributed by atoms with Gasteiger partial charge in [-0.3, -0.25) is 5.10 Å². The Morgan fingerprint density at radius 3 is 2.92 bits per heavy atom. The van der Waals surface area contributed by atoms with Crippen molar-refractivity contribution in [2.75, 3.05) is 11.9 Å². The maximum absolute atomic E-state index is 4.02. The van der Waals surface area contributed by atoms with Crippen LogP contribution < -0.4 is 4.90 Å². The van der Waals surface area contributed by atoms with Crippen LogP contribution >= 0.6 is 0 Å². The van der Waals surface area contributed by atoms with E-state index in [-0.39, 0.29) is 0 Å². The van der Waals surface area contributed by atoms with E-state index in [2.05, 4.69) is 26.5 Å². The van der Waals surface area contributed by atoms with Gasteiger partial charge in [0.15, 0.2) is 12.1 Å². The number of rotatable bonds is 2. The molecule has 5 heteroatoms. The molecule has 0 aliphatic carbocycles. The van der Waals surface area contributed by atoms with Crippen LogP contribution in [0.2, 0.25) is 0 Å². The summed E-state index contributed by atoms with van der Waals surface area (Å²) in [4.78, 5) is 9.53. The molecule has 0 aliphatic heterocycles. The predicted molar refractivity (Wildman–Crippen MR) is 47.5 cm³/mol. The molecule has 0 aromatic carbocycles. The first kappa shape index (κ1) is 7.72. The molecule has 0 amide bonds. The smallest absolute Gasteiger partial charge is 0.199 e. The Labute approximate surface area is 75.4 Å². The minimum atomic E-state index is 0.766. The largest absolute Gasteiger partial charge is 0.313 e. The lowest BCUT2D eigenvalue weighted by molar-refractivity contribution is 1.01. The molecule has 2 aromatic rings. The minimum absolute atomic E-state index is 0.766. The average molecular weight is 174 g/mol. The maximum atomic E-state index is 4.02. The highest BCUT2D eigenvalue weighted by molar-refractivity contribution is 5.52. The van der Waals surface area contributed by atoms with E-state index in [1.54, 1.807) is 18.5 Å². The first-order valence-corrected chi connectivity index (χ1v) is 3.80. The molecule has 5 nitrogen and oxygen atoms in total. The van der Waals surface area contributed by atoms with Crippen molar-refractivity contribution in [3.63, 3.8) is 0 Å². The summed E-state index contributed by atoms with van der Waals surface area (Å²) in [6.07, 6.45) is 5.93. The zero-order valence-corrected chi connectivity index (χ0v) is 7.10. The molecule has 65 valence electrons. The van der Waals surface area contributed by atoms with Gasteiger partial charge in [-0.2, -0.15) is 5.10 Å². The molecule has 0 spiro atoms. The van der Waals surface area contributed by atoms with Crippen LogP contribution in [-0.4, -0.2) is 27.2 Å². The zero-order valence-electron chi connectivity index (χ0n) is 7.10. The molecule has 0 atom stereocenters. The lowest BCUT2D eigenvalue weighted by Crippen LogP contribution is -2.11. The molecule has 0 saturated heterocycles. The van der Waals surface area contributed by atoms with Gasteiger partial charge in [0.1, 0.15) is 5.82 Å². The molecular weight excluding hydrogens is 166 g/mol. The van der Waals surface area contributed by atoms with Gasteiger partial charge in [0.2, 0.25) is 0 Å². The van der Waals surface area contributed by atoms with E-state index in [1.807, 2.05) is 18.0 Å². The molecule has 1 radical (unpaired) electrons. The number of aromatic nitrogens is 4. The third-order valence-electron chi connectivity index (χ3n) is 1.69. The second-order valence-electron chi connectivity index (χ2n) is 2.51. The fraction of sp³-hybridized carbons (Fsp3) is 0.125. The van der Waals surface area contributed by atoms with Crippen LogP contribution in [0.1, 0.15) is 0 Å². The second kappa shape index (κ2) is 3.22. The molecule has 0 bridgehead atoms. The minimum Gasteiger partial charge on any atom is -0.313 e. The number of hydrogen-bond acceptors (Lipinski definition) is 4. The molecule has 0 aliphatic rings. The van der Waals surface area contributed by atoms with E-state index in [0.717, 1.165) is 11.6 Å². The van der Waals surface area contributed by atoms with Crippen molar-refractivity contribution in [2.24, 2.45) is 0 Å². The molecule has 2 rings (SSSR count). The zero-order chi connectivity index (χ0) is 9.10. The van der Waals surface area contributed by atoms with Crippen LogP contribution in [0.15, 0.2) is 24.5 Å². The van der Waals surface area contributed by atoms with Crippen LogP contribution in [-0.2, 0) is 0 Å². The highest BCUT2D eigenvalue weighted by Gasteiger charge is 2.05. The van der Waals surface area contributed by atoms with Crippen LogP contribution in [0.25, 0.3) is 0 Å². The van der Waals surface area contributed by atoms with Crippen molar-refractivity contribution in [2.45, 2.75) is 0 Å². The van der Waals surface area contributed by atoms with Crippen LogP contribution in [0, 0.1) is 6.33 Å². The monoisotopic (exact) mass is 174 g/mol. The lowest BCUT2D eigenvalue weighted by atomic mass is 10.5. The lowest BCUT2D eigenvalue weighted by Gasteiger charge is -2.13. The Hall–Kier alpha value is -1.91. The number of nitrogens with one attached hydrogen (secondary N) is 1. The van der Waals surface area contributed by atoms with Gasteiger partial charge in [-0.1, -0.05) is 0 Å². The standard InChI is InChI=1S/C8H8N5/c1-13(8-3-5-11-12-8)7-2-4-9-6-10-7/h2-5H,1H3,(H,11,12). The summed E-state index contributed by atoms with van der Waals surface area (Å²) in [5, 5.41) is 6.75. The fourth-order valence-electron chi connectivity index (χ4n) is 0.998. The van der Waals surface area contributed by atoms with Crippen molar-refractivity contribution in [3.8, 4) is 0 Å². The van der Waals surface area contributed by atoms with Gasteiger partial charge in [-0.15, -0.1) is 0 Å². The average Bonchev–Trinajstić information content (AvgIpc) is 2.71. The maximum Gasteiger partial charge on any atom is 0.199 e. The quantitative estimate of drug-likeness (QED) is 0.730. The fourth-order valence-corrected chi connectivity index (χ4v) is 0.998. The first-order valence-electron chi connectivity index (χ1n) is 3.80. The Bertz CT molecular complexity index is 355. The normalized spacial score (nSPS) is 9.92. The number of anilines is 2. The summed E-state index contributed by atoms with van der Waals surface area (Å²) >= 11 is 0. The van der Waals surface area contributed by atoms with E-state index in [0.29, 0.717) is 0 Å². The van der Waals surface area contributed by atoms with Gasteiger partial charge in [0, 0.05) is 25.5 Å². The first-order chi connectivity index (χ1) is 6.38. The molecular formula is C8H8N5. The Morgan fingerprint density at radius 1 is 1.38 bits per heavy atom. The van der Waals surface area contributed by atoms with Crippen molar-refractivity contribution in [1.82, 2.24) is 20.2 Å². The molecule has 0 saturated carbocycles. The van der Waals surface area contributed by atoms with E-state index >= 15 is 0 Å². The van der Waals surface area contributed by atoms with Crippen molar-refractivity contribution >= 4 is 11.6 Å². The van der Waals surface area contributed by atoms with E-state index in [9.17, 15) is 0 Å². The number of aromatic amines is 1. The third kappa shape index (κ3) is 1.48. The SMILES string of the molecule is CN(c1ccn[c]n1)c1cc[nH]n1. The summed E-state index contributed by atoms with van der Waals surface area (Å²) in [7, 11) is 1.88. The van der Waals surface area contributed by atoms with Gasteiger partial charge in [0.25, 0.3) is 0 Å². The molecule has 2 heterocycles. The molecule has 13 heavy (non-hydrogen) atoms. The molecule has 0 unspecified atom stereocenters. The molecule has 2 aromatic heterocycles. The summed E-state index contributed by atoms with van der Waals surface area (Å²) in [6.45, 7) is 0. The van der Waals surface area contributed by atoms with Crippen LogP contribution in [0.5, 0.6) is 0 Å². The Morgan fingerprint density at radius 2 is 2.31 bits per heavy atom. The van der Waals surface area contributed by atoms with Gasteiger partial charge in [-0.05, 0) is 6.07 Å². The third-order valence-corrected chi connectivity index (χ3v) is 1.69. The topological polar surface area (TPSA) is 57.7 Å². The number of hydrogen-bond donors (Lipinski definition) is 1. The van der Waals surface area contributed by atoms with Gasteiger partial charge in [-0.25, -0.2) is 9.97 Å². The van der Waals surface area contributed by atoms with Crippen molar-refractivity contribution in [3.05, 3.63) is 30.9 Å². The molecule has 0 fully saturated rings. The predicted octanol–water partition coefficient (Wildman–Crippen LogP) is 0.768. The second-order valence-corrected chi connectivity index (χ2v) is 2.51. The summed E-state index contributed by atoms with van der Waals surface area (Å²) in [6, 6.07) is 3.66. The summed E-state index contributed by atoms with van der Waals surface area (Å²) < 4.78 is 0. The van der Waals surface area contributed by atoms with Crippen LogP contribution in [0.4, 0.5) is 11.6 Å². The summed E-state index contributed by atoms with van der Waals surface area (Å²) in [5.41, 5.74) is 0. The van der Waals surface area contributed by atoms with Crippen molar-refractivity contribution in [1.29, 1.82) is 0 Å². The summed E-state index contributed by atoms with van der Waals surface area (Å²) in [5.74, 6) is 1.58. The van der Waals surface area contributed by atoms with Gasteiger partial charge in [0.05, 0.1) is 0 Å². The van der Waals surface area contributed by atoms with E-state index < -0.39 is 0 Å².